The molecule has 1 aromatic carbocycles. The van der Waals surface area contributed by atoms with Crippen molar-refractivity contribution in [3.63, 3.8) is 0 Å². The molecule has 17 heavy (non-hydrogen) atoms. The molecule has 0 aliphatic carbocycles. The van der Waals surface area contributed by atoms with E-state index in [2.05, 4.69) is 22.4 Å². The van der Waals surface area contributed by atoms with Gasteiger partial charge in [-0.3, -0.25) is 10.4 Å². The molecule has 2 aromatic rings. The molecule has 4 heteroatoms. The molecule has 4 nitrogen and oxygen atoms in total. The third kappa shape index (κ3) is 3.01. The van der Waals surface area contributed by atoms with Crippen LogP contribution in [-0.4, -0.2) is 23.9 Å². The van der Waals surface area contributed by atoms with Crippen LogP contribution in [0.15, 0.2) is 36.5 Å². The van der Waals surface area contributed by atoms with Crippen molar-refractivity contribution in [2.24, 2.45) is 5.73 Å². The normalized spacial score (nSPS) is 10.6. The van der Waals surface area contributed by atoms with Crippen LogP contribution in [0.1, 0.15) is 5.56 Å². The second-order valence-corrected chi connectivity index (χ2v) is 3.94. The number of hydrogen-bond acceptors (Lipinski definition) is 3. The molecule has 0 aliphatic rings. The van der Waals surface area contributed by atoms with Crippen LogP contribution < -0.4 is 11.1 Å². The van der Waals surface area contributed by atoms with Crippen LogP contribution in [0, 0.1) is 5.41 Å². The number of nitrogens with two attached hydrogens (primary N) is 1. The van der Waals surface area contributed by atoms with Crippen molar-refractivity contribution in [3.8, 4) is 0 Å². The first-order chi connectivity index (χ1) is 8.27. The topological polar surface area (TPSA) is 74.8 Å². The number of amidine groups is 1. The Kier molecular flexibility index (Phi) is 3.67. The van der Waals surface area contributed by atoms with E-state index in [1.807, 2.05) is 18.2 Å². The highest BCUT2D eigenvalue weighted by atomic mass is 14.9. The fourth-order valence-electron chi connectivity index (χ4n) is 1.83. The Labute approximate surface area is 100 Å². The minimum atomic E-state index is 0.171. The Balaban J connectivity index is 2.05. The minimum Gasteiger partial charge on any atom is -0.387 e. The van der Waals surface area contributed by atoms with E-state index >= 15 is 0 Å². The highest BCUT2D eigenvalue weighted by molar-refractivity contribution is 5.82. The summed E-state index contributed by atoms with van der Waals surface area (Å²) in [4.78, 5) is 4.32. The van der Waals surface area contributed by atoms with E-state index in [9.17, 15) is 0 Å². The van der Waals surface area contributed by atoms with Crippen molar-refractivity contribution in [2.45, 2.75) is 6.42 Å². The summed E-state index contributed by atoms with van der Waals surface area (Å²) in [6.45, 7) is 1.26. The summed E-state index contributed by atoms with van der Waals surface area (Å²) in [7, 11) is 0. The van der Waals surface area contributed by atoms with Crippen LogP contribution >= 0.6 is 0 Å². The summed E-state index contributed by atoms with van der Waals surface area (Å²) in [5, 5.41) is 11.4. The number of nitrogens with zero attached hydrogens (tertiary/aromatic N) is 1. The molecule has 2 rings (SSSR count). The number of nitrogens with one attached hydrogen (secondary N) is 2. The van der Waals surface area contributed by atoms with E-state index in [0.29, 0.717) is 6.54 Å². The van der Waals surface area contributed by atoms with E-state index in [-0.39, 0.29) is 5.84 Å². The molecule has 1 heterocycles. The molecule has 0 spiro atoms. The van der Waals surface area contributed by atoms with Crippen molar-refractivity contribution < 1.29 is 0 Å². The number of rotatable bonds is 5. The fraction of sp³-hybridized carbons (Fsp3) is 0.231. The number of pyridine rings is 1. The maximum absolute atomic E-state index is 7.11. The Morgan fingerprint density at radius 1 is 1.29 bits per heavy atom. The molecule has 0 radical (unpaired) electrons. The molecule has 0 atom stereocenters. The van der Waals surface area contributed by atoms with Crippen molar-refractivity contribution in [1.82, 2.24) is 10.3 Å². The summed E-state index contributed by atoms with van der Waals surface area (Å²) >= 11 is 0. The summed E-state index contributed by atoms with van der Waals surface area (Å²) in [5.41, 5.74) is 7.57. The Hall–Kier alpha value is -1.94. The molecule has 0 unspecified atom stereocenters. The van der Waals surface area contributed by atoms with E-state index in [1.54, 1.807) is 6.20 Å². The van der Waals surface area contributed by atoms with Gasteiger partial charge < -0.3 is 11.1 Å². The van der Waals surface area contributed by atoms with Crippen LogP contribution in [-0.2, 0) is 6.42 Å². The van der Waals surface area contributed by atoms with Gasteiger partial charge in [0.2, 0.25) is 0 Å². The van der Waals surface area contributed by atoms with Crippen molar-refractivity contribution in [1.29, 1.82) is 5.41 Å². The first-order valence-corrected chi connectivity index (χ1v) is 5.63. The molecule has 0 saturated heterocycles. The number of benzene rings is 1. The molecule has 4 N–H and O–H groups in total. The molecule has 88 valence electrons. The fourth-order valence-corrected chi connectivity index (χ4v) is 1.83. The SMILES string of the molecule is N=C(N)CNCCc1cccc2ncccc12. The molecule has 0 fully saturated rings. The maximum atomic E-state index is 7.11. The standard InChI is InChI=1S/C13H16N4/c14-13(15)9-16-8-6-10-3-1-5-12-11(10)4-2-7-17-12/h1-5,7,16H,6,8-9H2,(H3,14,15). The molecular formula is C13H16N4. The van der Waals surface area contributed by atoms with Crippen LogP contribution in [0.25, 0.3) is 10.9 Å². The zero-order valence-corrected chi connectivity index (χ0v) is 9.61. The highest BCUT2D eigenvalue weighted by Crippen LogP contribution is 2.16. The summed E-state index contributed by atoms with van der Waals surface area (Å²) in [6, 6.07) is 10.2. The van der Waals surface area contributed by atoms with Gasteiger partial charge in [0, 0.05) is 11.6 Å². The summed E-state index contributed by atoms with van der Waals surface area (Å²) in [5.74, 6) is 0.171. The van der Waals surface area contributed by atoms with E-state index < -0.39 is 0 Å². The molecule has 0 aliphatic heterocycles. The van der Waals surface area contributed by atoms with Crippen molar-refractivity contribution in [2.75, 3.05) is 13.1 Å². The predicted octanol–water partition coefficient (Wildman–Crippen LogP) is 1.30. The van der Waals surface area contributed by atoms with Crippen LogP contribution in [0.2, 0.25) is 0 Å². The Morgan fingerprint density at radius 3 is 3.00 bits per heavy atom. The van der Waals surface area contributed by atoms with Crippen molar-refractivity contribution >= 4 is 16.7 Å². The lowest BCUT2D eigenvalue weighted by Gasteiger charge is -2.06. The lowest BCUT2D eigenvalue weighted by atomic mass is 10.1. The second-order valence-electron chi connectivity index (χ2n) is 3.94. The van der Waals surface area contributed by atoms with Gasteiger partial charge in [0.25, 0.3) is 0 Å². The summed E-state index contributed by atoms with van der Waals surface area (Å²) in [6.07, 6.45) is 2.72. The third-order valence-corrected chi connectivity index (χ3v) is 2.62. The van der Waals surface area contributed by atoms with Gasteiger partial charge in [0.1, 0.15) is 5.84 Å². The number of aromatic nitrogens is 1. The average Bonchev–Trinajstić information content (AvgIpc) is 2.34. The van der Waals surface area contributed by atoms with Crippen LogP contribution in [0.4, 0.5) is 0 Å². The first kappa shape index (κ1) is 11.5. The van der Waals surface area contributed by atoms with Gasteiger partial charge in [-0.05, 0) is 30.7 Å². The van der Waals surface area contributed by atoms with E-state index in [1.165, 1.54) is 10.9 Å². The van der Waals surface area contributed by atoms with Crippen LogP contribution in [0.5, 0.6) is 0 Å². The van der Waals surface area contributed by atoms with Crippen molar-refractivity contribution in [3.05, 3.63) is 42.1 Å². The first-order valence-electron chi connectivity index (χ1n) is 5.63. The van der Waals surface area contributed by atoms with E-state index in [4.69, 9.17) is 11.1 Å². The lowest BCUT2D eigenvalue weighted by molar-refractivity contribution is 0.756. The van der Waals surface area contributed by atoms with E-state index in [0.717, 1.165) is 18.5 Å². The van der Waals surface area contributed by atoms with Gasteiger partial charge in [-0.15, -0.1) is 0 Å². The van der Waals surface area contributed by atoms with Gasteiger partial charge in [0.15, 0.2) is 0 Å². The molecule has 1 aromatic heterocycles. The minimum absolute atomic E-state index is 0.171. The largest absolute Gasteiger partial charge is 0.387 e. The third-order valence-electron chi connectivity index (χ3n) is 2.62. The molecule has 0 saturated carbocycles. The molecule has 0 amide bonds. The highest BCUT2D eigenvalue weighted by Gasteiger charge is 2.00. The van der Waals surface area contributed by atoms with Gasteiger partial charge in [-0.25, -0.2) is 0 Å². The molecular weight excluding hydrogens is 212 g/mol. The average molecular weight is 228 g/mol. The Morgan fingerprint density at radius 2 is 2.18 bits per heavy atom. The van der Waals surface area contributed by atoms with Gasteiger partial charge in [0.05, 0.1) is 12.1 Å². The number of hydrogen-bond donors (Lipinski definition) is 3. The maximum Gasteiger partial charge on any atom is 0.105 e. The van der Waals surface area contributed by atoms with Crippen LogP contribution in [0.3, 0.4) is 0 Å². The van der Waals surface area contributed by atoms with Gasteiger partial charge >= 0.3 is 0 Å². The smallest absolute Gasteiger partial charge is 0.105 e. The molecule has 0 bridgehead atoms. The summed E-state index contributed by atoms with van der Waals surface area (Å²) < 4.78 is 0. The zero-order valence-electron chi connectivity index (χ0n) is 9.61. The zero-order chi connectivity index (χ0) is 12.1. The quantitative estimate of drug-likeness (QED) is 0.410. The number of fused-ring (bicyclic) bond motifs is 1. The monoisotopic (exact) mass is 228 g/mol. The lowest BCUT2D eigenvalue weighted by Crippen LogP contribution is -2.29. The predicted molar refractivity (Wildman–Crippen MR) is 70.2 cm³/mol. The van der Waals surface area contributed by atoms with Gasteiger partial charge in [-0.2, -0.15) is 0 Å². The Bertz CT molecular complexity index is 516. The second kappa shape index (κ2) is 5.41. The van der Waals surface area contributed by atoms with Gasteiger partial charge in [-0.1, -0.05) is 18.2 Å².